The molecule has 2 N–H and O–H groups in total. The van der Waals surface area contributed by atoms with Crippen molar-refractivity contribution in [2.24, 2.45) is 4.99 Å². The number of nitrogens with zero attached hydrogens (tertiary/aromatic N) is 3. The monoisotopic (exact) mass is 501 g/mol. The van der Waals surface area contributed by atoms with E-state index in [4.69, 9.17) is 0 Å². The quantitative estimate of drug-likeness (QED) is 0.311. The van der Waals surface area contributed by atoms with E-state index in [2.05, 4.69) is 58.8 Å². The Bertz CT molecular complexity index is 590. The van der Waals surface area contributed by atoms with E-state index in [1.54, 1.807) is 0 Å². The molecule has 28 heavy (non-hydrogen) atoms. The fourth-order valence-corrected chi connectivity index (χ4v) is 3.20. The van der Waals surface area contributed by atoms with Crippen LogP contribution in [-0.2, 0) is 11.3 Å². The van der Waals surface area contributed by atoms with E-state index in [9.17, 15) is 4.79 Å². The minimum Gasteiger partial charge on any atom is -0.357 e. The first-order valence-corrected chi connectivity index (χ1v) is 10.1. The van der Waals surface area contributed by atoms with Crippen molar-refractivity contribution in [3.05, 3.63) is 35.9 Å². The minimum absolute atomic E-state index is 0. The van der Waals surface area contributed by atoms with Gasteiger partial charge in [0.25, 0.3) is 0 Å². The molecule has 1 aliphatic rings. The van der Waals surface area contributed by atoms with Gasteiger partial charge in [0.1, 0.15) is 6.54 Å². The molecule has 1 fully saturated rings. The fourth-order valence-electron chi connectivity index (χ4n) is 3.20. The van der Waals surface area contributed by atoms with Crippen molar-refractivity contribution in [2.45, 2.75) is 45.7 Å². The van der Waals surface area contributed by atoms with E-state index in [1.807, 2.05) is 17.9 Å². The second-order valence-corrected chi connectivity index (χ2v) is 7.25. The highest BCUT2D eigenvalue weighted by Crippen LogP contribution is 2.08. The lowest BCUT2D eigenvalue weighted by atomic mass is 10.1. The van der Waals surface area contributed by atoms with Gasteiger partial charge in [-0.1, -0.05) is 30.3 Å². The van der Waals surface area contributed by atoms with Crippen LogP contribution in [0.5, 0.6) is 0 Å². The normalized spacial score (nSPS) is 15.3. The Labute approximate surface area is 187 Å². The lowest BCUT2D eigenvalue weighted by Gasteiger charge is -2.25. The highest BCUT2D eigenvalue weighted by atomic mass is 127. The van der Waals surface area contributed by atoms with Crippen molar-refractivity contribution in [2.75, 3.05) is 39.8 Å². The molecule has 2 rings (SSSR count). The van der Waals surface area contributed by atoms with Gasteiger partial charge in [-0.3, -0.25) is 9.69 Å². The zero-order valence-corrected chi connectivity index (χ0v) is 19.8. The first-order chi connectivity index (χ1) is 13.1. The third kappa shape index (κ3) is 8.77. The summed E-state index contributed by atoms with van der Waals surface area (Å²) in [6, 6.07) is 11.0. The van der Waals surface area contributed by atoms with Gasteiger partial charge in [-0.15, -0.1) is 24.0 Å². The summed E-state index contributed by atoms with van der Waals surface area (Å²) in [5, 5.41) is 6.58. The number of rotatable bonds is 9. The van der Waals surface area contributed by atoms with E-state index < -0.39 is 0 Å². The van der Waals surface area contributed by atoms with Crippen LogP contribution in [0.3, 0.4) is 0 Å². The molecular weight excluding hydrogens is 465 g/mol. The molecule has 1 unspecified atom stereocenters. The van der Waals surface area contributed by atoms with E-state index >= 15 is 0 Å². The third-order valence-electron chi connectivity index (χ3n) is 5.06. The van der Waals surface area contributed by atoms with Crippen LogP contribution in [-0.4, -0.2) is 67.5 Å². The molecule has 1 aliphatic heterocycles. The molecule has 7 heteroatoms. The molecule has 0 radical (unpaired) electrons. The van der Waals surface area contributed by atoms with Crippen LogP contribution < -0.4 is 10.6 Å². The molecule has 0 spiro atoms. The minimum atomic E-state index is 0. The first kappa shape index (κ1) is 24.7. The van der Waals surface area contributed by atoms with Gasteiger partial charge in [0, 0.05) is 38.8 Å². The van der Waals surface area contributed by atoms with Crippen molar-refractivity contribution >= 4 is 35.8 Å². The van der Waals surface area contributed by atoms with E-state index in [0.29, 0.717) is 6.04 Å². The third-order valence-corrected chi connectivity index (χ3v) is 5.06. The maximum Gasteiger partial charge on any atom is 0.244 e. The number of amides is 1. The van der Waals surface area contributed by atoms with Gasteiger partial charge < -0.3 is 15.5 Å². The molecule has 6 nitrogen and oxygen atoms in total. The van der Waals surface area contributed by atoms with Gasteiger partial charge in [0.2, 0.25) is 5.91 Å². The summed E-state index contributed by atoms with van der Waals surface area (Å²) < 4.78 is 0. The number of hydrogen-bond donors (Lipinski definition) is 2. The van der Waals surface area contributed by atoms with Crippen LogP contribution in [0.25, 0.3) is 0 Å². The molecule has 158 valence electrons. The van der Waals surface area contributed by atoms with Crippen LogP contribution in [0.15, 0.2) is 35.3 Å². The average molecular weight is 501 g/mol. The molecule has 1 saturated heterocycles. The number of guanidine groups is 1. The Balaban J connectivity index is 0.00000392. The summed E-state index contributed by atoms with van der Waals surface area (Å²) in [6.07, 6.45) is 3.23. The predicted molar refractivity (Wildman–Crippen MR) is 127 cm³/mol. The molecule has 1 atom stereocenters. The van der Waals surface area contributed by atoms with Crippen molar-refractivity contribution in [3.63, 3.8) is 0 Å². The van der Waals surface area contributed by atoms with Crippen LogP contribution in [0, 0.1) is 0 Å². The largest absolute Gasteiger partial charge is 0.357 e. The summed E-state index contributed by atoms with van der Waals surface area (Å²) in [6.45, 7) is 8.81. The molecule has 0 aliphatic carbocycles. The Morgan fingerprint density at radius 2 is 1.89 bits per heavy atom. The van der Waals surface area contributed by atoms with Crippen molar-refractivity contribution in [1.29, 1.82) is 0 Å². The lowest BCUT2D eigenvalue weighted by molar-refractivity contribution is -0.128. The molecule has 1 heterocycles. The van der Waals surface area contributed by atoms with Crippen LogP contribution in [0.2, 0.25) is 0 Å². The van der Waals surface area contributed by atoms with E-state index in [-0.39, 0.29) is 36.4 Å². The zero-order chi connectivity index (χ0) is 19.5. The maximum atomic E-state index is 12.2. The summed E-state index contributed by atoms with van der Waals surface area (Å²) in [7, 11) is 2.16. The molecule has 0 bridgehead atoms. The molecule has 1 amide bonds. The number of aliphatic imine (C=N–C) groups is 1. The highest BCUT2D eigenvalue weighted by Gasteiger charge is 2.17. The molecule has 0 saturated carbocycles. The van der Waals surface area contributed by atoms with Gasteiger partial charge in [-0.25, -0.2) is 4.99 Å². The van der Waals surface area contributed by atoms with E-state index in [0.717, 1.165) is 57.9 Å². The van der Waals surface area contributed by atoms with Crippen LogP contribution >= 0.6 is 24.0 Å². The Morgan fingerprint density at radius 3 is 2.54 bits per heavy atom. The summed E-state index contributed by atoms with van der Waals surface area (Å²) >= 11 is 0. The predicted octanol–water partition coefficient (Wildman–Crippen LogP) is 2.69. The highest BCUT2D eigenvalue weighted by molar-refractivity contribution is 14.0. The molecule has 1 aromatic carbocycles. The lowest BCUT2D eigenvalue weighted by Crippen LogP contribution is -2.41. The fraction of sp³-hybridized carbons (Fsp3) is 0.619. The smallest absolute Gasteiger partial charge is 0.244 e. The topological polar surface area (TPSA) is 60.0 Å². The molecule has 1 aromatic rings. The standard InChI is InChI=1S/C21H35N5O.HI/c1-4-22-21(24-16-20(27)26-14-8-9-15-26)23-13-12-18(2)25(3)17-19-10-6-5-7-11-19;/h5-7,10-11,18H,4,8-9,12-17H2,1-3H3,(H2,22,23,24);1H. The second-order valence-electron chi connectivity index (χ2n) is 7.25. The van der Waals surface area contributed by atoms with Gasteiger partial charge in [-0.05, 0) is 45.7 Å². The average Bonchev–Trinajstić information content (AvgIpc) is 3.21. The Kier molecular flexibility index (Phi) is 12.1. The van der Waals surface area contributed by atoms with Crippen molar-refractivity contribution in [3.8, 4) is 0 Å². The van der Waals surface area contributed by atoms with E-state index in [1.165, 1.54) is 5.56 Å². The van der Waals surface area contributed by atoms with Gasteiger partial charge in [0.05, 0.1) is 0 Å². The number of likely N-dealkylation sites (tertiary alicyclic amines) is 1. The van der Waals surface area contributed by atoms with Crippen molar-refractivity contribution in [1.82, 2.24) is 20.4 Å². The number of hydrogen-bond acceptors (Lipinski definition) is 3. The van der Waals surface area contributed by atoms with Gasteiger partial charge in [0.15, 0.2) is 5.96 Å². The summed E-state index contributed by atoms with van der Waals surface area (Å²) in [5.74, 6) is 0.851. The SMILES string of the molecule is CCNC(=NCC(=O)N1CCCC1)NCCC(C)N(C)Cc1ccccc1.I. The zero-order valence-electron chi connectivity index (χ0n) is 17.5. The second kappa shape index (κ2) is 13.8. The number of nitrogens with one attached hydrogen (secondary N) is 2. The number of carbonyl (C=O) groups is 1. The molecular formula is C21H36IN5O. The van der Waals surface area contributed by atoms with Gasteiger partial charge >= 0.3 is 0 Å². The maximum absolute atomic E-state index is 12.2. The number of carbonyl (C=O) groups excluding carboxylic acids is 1. The number of benzene rings is 1. The first-order valence-electron chi connectivity index (χ1n) is 10.1. The number of halogens is 1. The summed E-state index contributed by atoms with van der Waals surface area (Å²) in [5.41, 5.74) is 1.33. The summed E-state index contributed by atoms with van der Waals surface area (Å²) in [4.78, 5) is 20.9. The van der Waals surface area contributed by atoms with Crippen LogP contribution in [0.4, 0.5) is 0 Å². The Morgan fingerprint density at radius 1 is 1.21 bits per heavy atom. The Hall–Kier alpha value is -1.35. The van der Waals surface area contributed by atoms with Crippen molar-refractivity contribution < 1.29 is 4.79 Å². The van der Waals surface area contributed by atoms with Gasteiger partial charge in [-0.2, -0.15) is 0 Å². The van der Waals surface area contributed by atoms with Crippen LogP contribution in [0.1, 0.15) is 38.7 Å². The molecule has 0 aromatic heterocycles.